The van der Waals surface area contributed by atoms with Gasteiger partial charge in [0.2, 0.25) is 0 Å². The van der Waals surface area contributed by atoms with Crippen LogP contribution in [0.15, 0.2) is 0 Å². The number of hydrogen-bond acceptors (Lipinski definition) is 2. The molecule has 1 rings (SSSR count). The molecule has 4 heteroatoms. The van der Waals surface area contributed by atoms with Gasteiger partial charge in [-0.3, -0.25) is 0 Å². The van der Waals surface area contributed by atoms with Crippen LogP contribution in [-0.2, 0) is 0 Å². The molecular formula is C11H23N3O. The number of nitrogens with one attached hydrogen (secondary N) is 1. The molecule has 0 saturated carbocycles. The Morgan fingerprint density at radius 1 is 1.60 bits per heavy atom. The predicted molar refractivity (Wildman–Crippen MR) is 61.6 cm³/mol. The molecule has 1 atom stereocenters. The van der Waals surface area contributed by atoms with Gasteiger partial charge in [-0.25, -0.2) is 4.79 Å². The van der Waals surface area contributed by atoms with Crippen molar-refractivity contribution in [2.75, 3.05) is 19.6 Å². The molecule has 2 amide bonds. The van der Waals surface area contributed by atoms with Gasteiger partial charge in [-0.05, 0) is 32.6 Å². The van der Waals surface area contributed by atoms with Crippen LogP contribution in [0.2, 0.25) is 0 Å². The lowest BCUT2D eigenvalue weighted by Crippen LogP contribution is -2.55. The lowest BCUT2D eigenvalue weighted by atomic mass is 10.0. The smallest absolute Gasteiger partial charge is 0.317 e. The molecule has 1 saturated heterocycles. The number of nitrogens with two attached hydrogens (primary N) is 1. The number of urea groups is 1. The Kier molecular flexibility index (Phi) is 3.97. The first-order valence-electron chi connectivity index (χ1n) is 5.72. The molecule has 0 spiro atoms. The Hall–Kier alpha value is -0.770. The topological polar surface area (TPSA) is 58.4 Å². The molecule has 0 aromatic heterocycles. The molecule has 1 aliphatic rings. The quantitative estimate of drug-likeness (QED) is 0.723. The molecule has 0 radical (unpaired) electrons. The first kappa shape index (κ1) is 12.3. The Morgan fingerprint density at radius 3 is 2.80 bits per heavy atom. The van der Waals surface area contributed by atoms with Crippen molar-refractivity contribution < 1.29 is 4.79 Å². The van der Waals surface area contributed by atoms with Crippen molar-refractivity contribution in [1.82, 2.24) is 10.2 Å². The average molecular weight is 213 g/mol. The normalized spacial score (nSPS) is 22.7. The second-order valence-electron chi connectivity index (χ2n) is 5.21. The van der Waals surface area contributed by atoms with Gasteiger partial charge in [-0.15, -0.1) is 0 Å². The van der Waals surface area contributed by atoms with Crippen molar-refractivity contribution in [3.05, 3.63) is 0 Å². The number of amides is 2. The molecule has 1 aliphatic heterocycles. The van der Waals surface area contributed by atoms with Crippen LogP contribution >= 0.6 is 0 Å². The highest BCUT2D eigenvalue weighted by molar-refractivity contribution is 5.75. The summed E-state index contributed by atoms with van der Waals surface area (Å²) >= 11 is 0. The van der Waals surface area contributed by atoms with Crippen LogP contribution in [0.4, 0.5) is 4.79 Å². The van der Waals surface area contributed by atoms with Crippen molar-refractivity contribution in [3.8, 4) is 0 Å². The fraction of sp³-hybridized carbons (Fsp3) is 0.909. The Balaban J connectivity index is 2.46. The minimum absolute atomic E-state index is 0.0250. The lowest BCUT2D eigenvalue weighted by Gasteiger charge is -2.34. The van der Waals surface area contributed by atoms with Crippen LogP contribution in [0, 0.1) is 5.92 Å². The van der Waals surface area contributed by atoms with E-state index in [1.165, 1.54) is 6.42 Å². The minimum atomic E-state index is -0.308. The van der Waals surface area contributed by atoms with Crippen LogP contribution < -0.4 is 11.1 Å². The summed E-state index contributed by atoms with van der Waals surface area (Å²) in [6, 6.07) is 0.0250. The van der Waals surface area contributed by atoms with E-state index in [1.54, 1.807) is 0 Å². The van der Waals surface area contributed by atoms with Gasteiger partial charge < -0.3 is 16.0 Å². The van der Waals surface area contributed by atoms with Crippen molar-refractivity contribution in [1.29, 1.82) is 0 Å². The van der Waals surface area contributed by atoms with E-state index >= 15 is 0 Å². The molecule has 0 aromatic carbocycles. The Bertz CT molecular complexity index is 228. The van der Waals surface area contributed by atoms with Gasteiger partial charge in [0.1, 0.15) is 0 Å². The third kappa shape index (κ3) is 3.70. The standard InChI is InChI=1S/C11H23N3O/c1-9-5-4-6-14(7-9)10(15)13-11(2,3)8-12/h9H,4-8,12H2,1-3H3,(H,13,15). The van der Waals surface area contributed by atoms with E-state index in [-0.39, 0.29) is 11.6 Å². The lowest BCUT2D eigenvalue weighted by molar-refractivity contribution is 0.161. The monoisotopic (exact) mass is 213 g/mol. The van der Waals surface area contributed by atoms with E-state index in [9.17, 15) is 4.79 Å². The van der Waals surface area contributed by atoms with Crippen LogP contribution in [0.25, 0.3) is 0 Å². The van der Waals surface area contributed by atoms with E-state index in [1.807, 2.05) is 18.7 Å². The molecule has 4 nitrogen and oxygen atoms in total. The SMILES string of the molecule is CC1CCCN(C(=O)NC(C)(C)CN)C1. The zero-order valence-electron chi connectivity index (χ0n) is 10.0. The van der Waals surface area contributed by atoms with Crippen molar-refractivity contribution in [3.63, 3.8) is 0 Å². The first-order chi connectivity index (χ1) is 6.94. The van der Waals surface area contributed by atoms with Crippen LogP contribution in [-0.4, -0.2) is 36.1 Å². The van der Waals surface area contributed by atoms with Crippen LogP contribution in [0.1, 0.15) is 33.6 Å². The van der Waals surface area contributed by atoms with Gasteiger partial charge in [0.15, 0.2) is 0 Å². The van der Waals surface area contributed by atoms with Gasteiger partial charge in [0.05, 0.1) is 0 Å². The Labute approximate surface area is 92.2 Å². The largest absolute Gasteiger partial charge is 0.332 e. The van der Waals surface area contributed by atoms with E-state index in [0.29, 0.717) is 12.5 Å². The minimum Gasteiger partial charge on any atom is -0.332 e. The first-order valence-corrected chi connectivity index (χ1v) is 5.72. The fourth-order valence-corrected chi connectivity index (χ4v) is 1.79. The van der Waals surface area contributed by atoms with Crippen molar-refractivity contribution >= 4 is 6.03 Å². The highest BCUT2D eigenvalue weighted by Gasteiger charge is 2.25. The van der Waals surface area contributed by atoms with Crippen molar-refractivity contribution in [2.24, 2.45) is 11.7 Å². The van der Waals surface area contributed by atoms with Crippen LogP contribution in [0.5, 0.6) is 0 Å². The molecule has 0 aromatic rings. The van der Waals surface area contributed by atoms with Gasteiger partial charge in [0.25, 0.3) is 0 Å². The molecule has 88 valence electrons. The maximum absolute atomic E-state index is 11.9. The van der Waals surface area contributed by atoms with E-state index < -0.39 is 0 Å². The maximum atomic E-state index is 11.9. The van der Waals surface area contributed by atoms with E-state index in [0.717, 1.165) is 19.5 Å². The fourth-order valence-electron chi connectivity index (χ4n) is 1.79. The maximum Gasteiger partial charge on any atom is 0.317 e. The summed E-state index contributed by atoms with van der Waals surface area (Å²) in [7, 11) is 0. The summed E-state index contributed by atoms with van der Waals surface area (Å²) in [5.41, 5.74) is 5.27. The van der Waals surface area contributed by atoms with Crippen LogP contribution in [0.3, 0.4) is 0 Å². The van der Waals surface area contributed by atoms with Crippen molar-refractivity contribution in [2.45, 2.75) is 39.2 Å². The molecule has 15 heavy (non-hydrogen) atoms. The highest BCUT2D eigenvalue weighted by atomic mass is 16.2. The predicted octanol–water partition coefficient (Wildman–Crippen LogP) is 1.17. The molecular weight excluding hydrogens is 190 g/mol. The average Bonchev–Trinajstić information content (AvgIpc) is 2.17. The van der Waals surface area contributed by atoms with Gasteiger partial charge in [-0.2, -0.15) is 0 Å². The second kappa shape index (κ2) is 4.84. The Morgan fingerprint density at radius 2 is 2.27 bits per heavy atom. The molecule has 1 unspecified atom stereocenters. The zero-order chi connectivity index (χ0) is 11.5. The highest BCUT2D eigenvalue weighted by Crippen LogP contribution is 2.15. The van der Waals surface area contributed by atoms with Gasteiger partial charge >= 0.3 is 6.03 Å². The van der Waals surface area contributed by atoms with Gasteiger partial charge in [0, 0.05) is 25.2 Å². The summed E-state index contributed by atoms with van der Waals surface area (Å²) in [6.07, 6.45) is 2.34. The third-order valence-electron chi connectivity index (χ3n) is 2.90. The number of rotatable bonds is 2. The number of likely N-dealkylation sites (tertiary alicyclic amines) is 1. The second-order valence-corrected chi connectivity index (χ2v) is 5.21. The number of carbonyl (C=O) groups is 1. The number of carbonyl (C=O) groups excluding carboxylic acids is 1. The summed E-state index contributed by atoms with van der Waals surface area (Å²) < 4.78 is 0. The summed E-state index contributed by atoms with van der Waals surface area (Å²) in [5.74, 6) is 0.616. The molecule has 1 fully saturated rings. The summed E-state index contributed by atoms with van der Waals surface area (Å²) in [5, 5.41) is 2.96. The summed E-state index contributed by atoms with van der Waals surface area (Å²) in [4.78, 5) is 13.8. The molecule has 0 aliphatic carbocycles. The van der Waals surface area contributed by atoms with E-state index in [4.69, 9.17) is 5.73 Å². The number of piperidine rings is 1. The number of nitrogens with zero attached hydrogens (tertiary/aromatic N) is 1. The third-order valence-corrected chi connectivity index (χ3v) is 2.90. The molecule has 0 bridgehead atoms. The summed E-state index contributed by atoms with van der Waals surface area (Å²) in [6.45, 7) is 8.27. The number of hydrogen-bond donors (Lipinski definition) is 2. The van der Waals surface area contributed by atoms with Gasteiger partial charge in [-0.1, -0.05) is 6.92 Å². The zero-order valence-corrected chi connectivity index (χ0v) is 10.0. The molecule has 1 heterocycles. The van der Waals surface area contributed by atoms with E-state index in [2.05, 4.69) is 12.2 Å². The molecule has 3 N–H and O–H groups in total.